The SMILES string of the molecule is CCCCCCCCCCCOC(=O)C(CC)(CC)C(=O)OCCCCCC. The van der Waals surface area contributed by atoms with E-state index in [1.54, 1.807) is 0 Å². The molecule has 0 aliphatic rings. The van der Waals surface area contributed by atoms with Crippen molar-refractivity contribution in [3.8, 4) is 0 Å². The molecule has 0 aromatic carbocycles. The Morgan fingerprint density at radius 3 is 1.21 bits per heavy atom. The first-order valence-corrected chi connectivity index (χ1v) is 11.9. The van der Waals surface area contributed by atoms with Crippen molar-refractivity contribution in [2.75, 3.05) is 13.2 Å². The van der Waals surface area contributed by atoms with Gasteiger partial charge in [0.05, 0.1) is 13.2 Å². The molecule has 166 valence electrons. The minimum Gasteiger partial charge on any atom is -0.465 e. The van der Waals surface area contributed by atoms with Crippen LogP contribution in [0, 0.1) is 5.41 Å². The summed E-state index contributed by atoms with van der Waals surface area (Å²) >= 11 is 0. The summed E-state index contributed by atoms with van der Waals surface area (Å²) in [6.45, 7) is 8.91. The van der Waals surface area contributed by atoms with Gasteiger partial charge in [-0.2, -0.15) is 0 Å². The predicted molar refractivity (Wildman–Crippen MR) is 116 cm³/mol. The Kier molecular flexibility index (Phi) is 17.3. The first kappa shape index (κ1) is 26.9. The Labute approximate surface area is 174 Å². The summed E-state index contributed by atoms with van der Waals surface area (Å²) in [5.74, 6) is -0.818. The van der Waals surface area contributed by atoms with Crippen LogP contribution in [0.15, 0.2) is 0 Å². The predicted octanol–water partition coefficient (Wildman–Crippen LogP) is 6.99. The van der Waals surface area contributed by atoms with Crippen LogP contribution in [0.25, 0.3) is 0 Å². The monoisotopic (exact) mass is 398 g/mol. The molecule has 0 spiro atoms. The minimum atomic E-state index is -1.13. The van der Waals surface area contributed by atoms with Gasteiger partial charge in [0.25, 0.3) is 0 Å². The van der Waals surface area contributed by atoms with Crippen LogP contribution < -0.4 is 0 Å². The average Bonchev–Trinajstić information content (AvgIpc) is 2.70. The van der Waals surface area contributed by atoms with Gasteiger partial charge in [0.1, 0.15) is 0 Å². The molecule has 0 aliphatic heterocycles. The number of hydrogen-bond donors (Lipinski definition) is 0. The third-order valence-corrected chi connectivity index (χ3v) is 5.70. The van der Waals surface area contributed by atoms with Crippen molar-refractivity contribution in [3.05, 3.63) is 0 Å². The fourth-order valence-electron chi connectivity index (χ4n) is 3.46. The Bertz CT molecular complexity index is 388. The lowest BCUT2D eigenvalue weighted by Crippen LogP contribution is -2.41. The second-order valence-corrected chi connectivity index (χ2v) is 7.95. The molecule has 4 nitrogen and oxygen atoms in total. The third-order valence-electron chi connectivity index (χ3n) is 5.70. The Balaban J connectivity index is 4.09. The van der Waals surface area contributed by atoms with E-state index in [9.17, 15) is 9.59 Å². The van der Waals surface area contributed by atoms with Crippen LogP contribution in [0.3, 0.4) is 0 Å². The Morgan fingerprint density at radius 1 is 0.536 bits per heavy atom. The maximum atomic E-state index is 12.6. The van der Waals surface area contributed by atoms with Crippen LogP contribution in [0.1, 0.15) is 124 Å². The number of hydrogen-bond acceptors (Lipinski definition) is 4. The summed E-state index contributed by atoms with van der Waals surface area (Å²) in [7, 11) is 0. The number of carbonyl (C=O) groups excluding carboxylic acids is 2. The van der Waals surface area contributed by atoms with Gasteiger partial charge in [-0.15, -0.1) is 0 Å². The maximum absolute atomic E-state index is 12.6. The average molecular weight is 399 g/mol. The van der Waals surface area contributed by atoms with Crippen molar-refractivity contribution in [2.45, 2.75) is 124 Å². The Hall–Kier alpha value is -1.06. The van der Waals surface area contributed by atoms with Crippen LogP contribution in [0.5, 0.6) is 0 Å². The fourth-order valence-corrected chi connectivity index (χ4v) is 3.46. The fraction of sp³-hybridized carbons (Fsp3) is 0.917. The molecular weight excluding hydrogens is 352 g/mol. The molecule has 0 heterocycles. The van der Waals surface area contributed by atoms with E-state index in [-0.39, 0.29) is 0 Å². The van der Waals surface area contributed by atoms with Crippen molar-refractivity contribution < 1.29 is 19.1 Å². The molecule has 0 N–H and O–H groups in total. The van der Waals surface area contributed by atoms with Crippen molar-refractivity contribution in [1.29, 1.82) is 0 Å². The van der Waals surface area contributed by atoms with Gasteiger partial charge in [-0.25, -0.2) is 0 Å². The summed E-state index contributed by atoms with van der Waals surface area (Å²) in [5.41, 5.74) is -1.13. The molecule has 4 heteroatoms. The highest BCUT2D eigenvalue weighted by atomic mass is 16.6. The molecule has 0 aromatic heterocycles. The molecule has 0 saturated carbocycles. The smallest absolute Gasteiger partial charge is 0.323 e. The summed E-state index contributed by atoms with van der Waals surface area (Å²) < 4.78 is 10.9. The standard InChI is InChI=1S/C24H46O4/c1-5-9-11-13-14-15-16-17-19-21-28-23(26)24(7-3,8-4)22(25)27-20-18-12-10-6-2/h5-21H2,1-4H3. The van der Waals surface area contributed by atoms with Gasteiger partial charge in [-0.1, -0.05) is 98.3 Å². The molecule has 0 aromatic rings. The third kappa shape index (κ3) is 11.1. The molecule has 0 fully saturated rings. The van der Waals surface area contributed by atoms with Gasteiger partial charge in [-0.05, 0) is 25.7 Å². The van der Waals surface area contributed by atoms with E-state index < -0.39 is 17.4 Å². The summed E-state index contributed by atoms with van der Waals surface area (Å²) in [6, 6.07) is 0. The molecule has 0 aliphatic carbocycles. The van der Waals surface area contributed by atoms with Gasteiger partial charge in [0.2, 0.25) is 0 Å². The molecule has 0 unspecified atom stereocenters. The molecule has 0 amide bonds. The summed E-state index contributed by atoms with van der Waals surface area (Å²) in [4.78, 5) is 25.2. The highest BCUT2D eigenvalue weighted by molar-refractivity contribution is 5.99. The first-order valence-electron chi connectivity index (χ1n) is 11.9. The van der Waals surface area contributed by atoms with E-state index in [0.29, 0.717) is 26.1 Å². The van der Waals surface area contributed by atoms with Crippen LogP contribution in [0.4, 0.5) is 0 Å². The number of ether oxygens (including phenoxy) is 2. The number of carbonyl (C=O) groups is 2. The van der Waals surface area contributed by atoms with E-state index in [0.717, 1.165) is 38.5 Å². The zero-order chi connectivity index (χ0) is 21.1. The first-order chi connectivity index (χ1) is 13.6. The van der Waals surface area contributed by atoms with E-state index in [1.807, 2.05) is 13.8 Å². The van der Waals surface area contributed by atoms with Gasteiger partial charge in [0, 0.05) is 0 Å². The molecule has 0 rings (SSSR count). The molecule has 0 radical (unpaired) electrons. The normalized spacial score (nSPS) is 11.4. The topological polar surface area (TPSA) is 52.6 Å². The van der Waals surface area contributed by atoms with Crippen LogP contribution in [-0.2, 0) is 19.1 Å². The van der Waals surface area contributed by atoms with Gasteiger partial charge < -0.3 is 9.47 Å². The molecule has 0 atom stereocenters. The number of rotatable bonds is 19. The van der Waals surface area contributed by atoms with E-state index in [2.05, 4.69) is 13.8 Å². The van der Waals surface area contributed by atoms with Gasteiger partial charge in [-0.3, -0.25) is 9.59 Å². The zero-order valence-corrected chi connectivity index (χ0v) is 19.2. The number of esters is 2. The molecule has 0 saturated heterocycles. The lowest BCUT2D eigenvalue weighted by atomic mass is 9.82. The molecule has 0 bridgehead atoms. The zero-order valence-electron chi connectivity index (χ0n) is 19.2. The minimum absolute atomic E-state index is 0.395. The van der Waals surface area contributed by atoms with E-state index in [1.165, 1.54) is 44.9 Å². The highest BCUT2D eigenvalue weighted by Gasteiger charge is 2.45. The quantitative estimate of drug-likeness (QED) is 0.134. The van der Waals surface area contributed by atoms with Gasteiger partial charge >= 0.3 is 11.9 Å². The van der Waals surface area contributed by atoms with Crippen LogP contribution in [-0.4, -0.2) is 25.2 Å². The van der Waals surface area contributed by atoms with Crippen LogP contribution in [0.2, 0.25) is 0 Å². The van der Waals surface area contributed by atoms with Crippen LogP contribution >= 0.6 is 0 Å². The van der Waals surface area contributed by atoms with Crippen molar-refractivity contribution in [2.24, 2.45) is 5.41 Å². The van der Waals surface area contributed by atoms with Crippen molar-refractivity contribution in [3.63, 3.8) is 0 Å². The number of unbranched alkanes of at least 4 members (excludes halogenated alkanes) is 11. The Morgan fingerprint density at radius 2 is 0.857 bits per heavy atom. The summed E-state index contributed by atoms with van der Waals surface area (Å²) in [6.07, 6.45) is 16.1. The lowest BCUT2D eigenvalue weighted by Gasteiger charge is -2.27. The highest BCUT2D eigenvalue weighted by Crippen LogP contribution is 2.30. The van der Waals surface area contributed by atoms with Crippen molar-refractivity contribution in [1.82, 2.24) is 0 Å². The molecule has 28 heavy (non-hydrogen) atoms. The second-order valence-electron chi connectivity index (χ2n) is 7.95. The second kappa shape index (κ2) is 18.0. The largest absolute Gasteiger partial charge is 0.465 e. The molecular formula is C24H46O4. The summed E-state index contributed by atoms with van der Waals surface area (Å²) in [5, 5.41) is 0. The van der Waals surface area contributed by atoms with E-state index >= 15 is 0 Å². The lowest BCUT2D eigenvalue weighted by molar-refractivity contribution is -0.173. The van der Waals surface area contributed by atoms with Crippen molar-refractivity contribution >= 4 is 11.9 Å². The maximum Gasteiger partial charge on any atom is 0.323 e. The van der Waals surface area contributed by atoms with Gasteiger partial charge in [0.15, 0.2) is 5.41 Å². The van der Waals surface area contributed by atoms with E-state index in [4.69, 9.17) is 9.47 Å².